The van der Waals surface area contributed by atoms with Crippen molar-refractivity contribution in [3.05, 3.63) is 66.2 Å². The highest BCUT2D eigenvalue weighted by molar-refractivity contribution is 8.00. The molecular weight excluding hydrogens is 388 g/mol. The van der Waals surface area contributed by atoms with Crippen molar-refractivity contribution >= 4 is 40.9 Å². The van der Waals surface area contributed by atoms with E-state index in [1.54, 1.807) is 18.2 Å². The smallest absolute Gasteiger partial charge is 0.316 e. The van der Waals surface area contributed by atoms with Gasteiger partial charge in [0.2, 0.25) is 0 Å². The molecule has 0 aliphatic heterocycles. The van der Waals surface area contributed by atoms with E-state index >= 15 is 0 Å². The number of hydrogen-bond acceptors (Lipinski definition) is 6. The second-order valence-electron chi connectivity index (χ2n) is 5.31. The molecule has 1 aromatic heterocycles. The van der Waals surface area contributed by atoms with E-state index < -0.39 is 18.5 Å². The van der Waals surface area contributed by atoms with Crippen molar-refractivity contribution in [3.63, 3.8) is 0 Å². The van der Waals surface area contributed by atoms with E-state index in [9.17, 15) is 9.59 Å². The lowest BCUT2D eigenvalue weighted by Crippen LogP contribution is -2.22. The Labute approximate surface area is 164 Å². The van der Waals surface area contributed by atoms with Crippen molar-refractivity contribution < 1.29 is 14.3 Å². The molecule has 0 atom stereocenters. The van der Waals surface area contributed by atoms with Crippen molar-refractivity contribution in [1.29, 1.82) is 0 Å². The molecule has 9 heteroatoms. The zero-order valence-corrected chi connectivity index (χ0v) is 15.6. The molecule has 0 fully saturated rings. The van der Waals surface area contributed by atoms with Gasteiger partial charge in [0.05, 0.1) is 17.1 Å². The Kier molecular flexibility index (Phi) is 6.45. The highest BCUT2D eigenvalue weighted by Gasteiger charge is 2.12. The topological polar surface area (TPSA) is 86.1 Å². The minimum Gasteiger partial charge on any atom is -0.455 e. The molecule has 0 spiro atoms. The van der Waals surface area contributed by atoms with Crippen molar-refractivity contribution in [2.75, 3.05) is 17.7 Å². The van der Waals surface area contributed by atoms with Gasteiger partial charge in [-0.15, -0.1) is 11.8 Å². The molecule has 3 rings (SSSR count). The molecule has 1 N–H and O–H groups in total. The van der Waals surface area contributed by atoms with Crippen LogP contribution >= 0.6 is 23.4 Å². The van der Waals surface area contributed by atoms with Crippen LogP contribution in [0.15, 0.2) is 66.1 Å². The number of halogens is 1. The van der Waals surface area contributed by atoms with Gasteiger partial charge in [-0.2, -0.15) is 5.10 Å². The van der Waals surface area contributed by atoms with Gasteiger partial charge in [-0.3, -0.25) is 9.59 Å². The maximum absolute atomic E-state index is 12.1. The van der Waals surface area contributed by atoms with E-state index in [1.807, 2.05) is 30.3 Å². The second kappa shape index (κ2) is 9.20. The number of hydrogen-bond donors (Lipinski definition) is 1. The molecule has 138 valence electrons. The molecule has 3 aromatic rings. The van der Waals surface area contributed by atoms with Crippen LogP contribution in [0.5, 0.6) is 0 Å². The molecule has 0 unspecified atom stereocenters. The van der Waals surface area contributed by atoms with Gasteiger partial charge >= 0.3 is 5.97 Å². The van der Waals surface area contributed by atoms with Gasteiger partial charge in [0.25, 0.3) is 5.91 Å². The maximum atomic E-state index is 12.1. The average molecular weight is 403 g/mol. The number of esters is 1. The number of aromatic nitrogens is 3. The van der Waals surface area contributed by atoms with Crippen LogP contribution in [0.25, 0.3) is 5.69 Å². The third kappa shape index (κ3) is 5.57. The van der Waals surface area contributed by atoms with Gasteiger partial charge in [0, 0.05) is 9.92 Å². The van der Waals surface area contributed by atoms with E-state index in [1.165, 1.54) is 29.1 Å². The van der Waals surface area contributed by atoms with Crippen LogP contribution < -0.4 is 5.32 Å². The fourth-order valence-corrected chi connectivity index (χ4v) is 3.06. The van der Waals surface area contributed by atoms with Crippen LogP contribution in [-0.2, 0) is 14.3 Å². The molecule has 0 aliphatic carbocycles. The predicted octanol–water partition coefficient (Wildman–Crippen LogP) is 3.19. The summed E-state index contributed by atoms with van der Waals surface area (Å²) in [6, 6.07) is 14.4. The van der Waals surface area contributed by atoms with Crippen molar-refractivity contribution in [2.45, 2.75) is 4.90 Å². The van der Waals surface area contributed by atoms with E-state index in [2.05, 4.69) is 15.4 Å². The molecule has 0 radical (unpaired) electrons. The normalized spacial score (nSPS) is 10.4. The highest BCUT2D eigenvalue weighted by atomic mass is 35.5. The maximum Gasteiger partial charge on any atom is 0.316 e. The lowest BCUT2D eigenvalue weighted by Gasteiger charge is -2.11. The van der Waals surface area contributed by atoms with Gasteiger partial charge in [0.1, 0.15) is 12.7 Å². The largest absolute Gasteiger partial charge is 0.455 e. The number of nitrogens with zero attached hydrogens (tertiary/aromatic N) is 3. The van der Waals surface area contributed by atoms with Crippen molar-refractivity contribution in [1.82, 2.24) is 14.8 Å². The van der Waals surface area contributed by atoms with E-state index in [0.717, 1.165) is 4.90 Å². The number of anilines is 1. The van der Waals surface area contributed by atoms with Gasteiger partial charge in [-0.1, -0.05) is 29.8 Å². The molecule has 1 heterocycles. The summed E-state index contributed by atoms with van der Waals surface area (Å²) in [4.78, 5) is 28.8. The Morgan fingerprint density at radius 3 is 2.74 bits per heavy atom. The monoisotopic (exact) mass is 402 g/mol. The van der Waals surface area contributed by atoms with E-state index in [0.29, 0.717) is 16.4 Å². The van der Waals surface area contributed by atoms with Crippen molar-refractivity contribution in [2.24, 2.45) is 0 Å². The molecule has 0 saturated heterocycles. The summed E-state index contributed by atoms with van der Waals surface area (Å²) in [5.74, 6) is -0.822. The third-order valence-corrected chi connectivity index (χ3v) is 4.58. The minimum atomic E-state index is -0.475. The number of carbonyl (C=O) groups excluding carboxylic acids is 2. The average Bonchev–Trinajstić information content (AvgIpc) is 3.20. The minimum absolute atomic E-state index is 0.124. The first-order valence-electron chi connectivity index (χ1n) is 7.90. The van der Waals surface area contributed by atoms with Gasteiger partial charge in [-0.25, -0.2) is 9.67 Å². The zero-order chi connectivity index (χ0) is 19.1. The Hall–Kier alpha value is -2.84. The van der Waals surface area contributed by atoms with Crippen LogP contribution in [0.4, 0.5) is 5.69 Å². The molecule has 1 amide bonds. The SMILES string of the molecule is O=C(COC(=O)CSc1ccccc1)Nc1cc(Cl)ccc1-n1cncn1. The fraction of sp³-hybridized carbons (Fsp3) is 0.111. The molecular formula is C18H15ClN4O3S. The summed E-state index contributed by atoms with van der Waals surface area (Å²) >= 11 is 7.35. The fourth-order valence-electron chi connectivity index (χ4n) is 2.17. The number of rotatable bonds is 7. The summed E-state index contributed by atoms with van der Waals surface area (Å²) in [7, 11) is 0. The van der Waals surface area contributed by atoms with Gasteiger partial charge < -0.3 is 10.1 Å². The number of nitrogens with one attached hydrogen (secondary N) is 1. The number of carbonyl (C=O) groups is 2. The summed E-state index contributed by atoms with van der Waals surface area (Å²) in [5.41, 5.74) is 1.03. The van der Waals surface area contributed by atoms with Crippen LogP contribution in [0.3, 0.4) is 0 Å². The lowest BCUT2D eigenvalue weighted by molar-refractivity contribution is -0.144. The highest BCUT2D eigenvalue weighted by Crippen LogP contribution is 2.24. The first-order chi connectivity index (χ1) is 13.1. The summed E-state index contributed by atoms with van der Waals surface area (Å²) in [5, 5.41) is 7.16. The summed E-state index contributed by atoms with van der Waals surface area (Å²) in [6.07, 6.45) is 2.88. The Morgan fingerprint density at radius 2 is 2.00 bits per heavy atom. The van der Waals surface area contributed by atoms with Crippen LogP contribution in [0.2, 0.25) is 5.02 Å². The molecule has 2 aromatic carbocycles. The summed E-state index contributed by atoms with van der Waals surface area (Å²) < 4.78 is 6.51. The lowest BCUT2D eigenvalue weighted by atomic mass is 10.2. The Morgan fingerprint density at radius 1 is 1.19 bits per heavy atom. The molecule has 0 aliphatic rings. The third-order valence-electron chi connectivity index (χ3n) is 3.36. The number of amides is 1. The van der Waals surface area contributed by atoms with Crippen LogP contribution in [0.1, 0.15) is 0 Å². The first kappa shape index (κ1) is 18.9. The van der Waals surface area contributed by atoms with Gasteiger partial charge in [0.15, 0.2) is 6.61 Å². The first-order valence-corrected chi connectivity index (χ1v) is 9.26. The van der Waals surface area contributed by atoms with E-state index in [-0.39, 0.29) is 5.75 Å². The quantitative estimate of drug-likeness (QED) is 0.482. The molecule has 27 heavy (non-hydrogen) atoms. The van der Waals surface area contributed by atoms with Gasteiger partial charge in [-0.05, 0) is 30.3 Å². The van der Waals surface area contributed by atoms with Crippen LogP contribution in [-0.4, -0.2) is 39.0 Å². The Bertz CT molecular complexity index is 920. The standard InChI is InChI=1S/C18H15ClN4O3S/c19-13-6-7-16(23-12-20-11-21-23)15(8-13)22-17(24)9-26-18(25)10-27-14-4-2-1-3-5-14/h1-8,11-12H,9-10H2,(H,22,24). The summed E-state index contributed by atoms with van der Waals surface area (Å²) in [6.45, 7) is -0.391. The Balaban J connectivity index is 1.54. The number of thioether (sulfide) groups is 1. The van der Waals surface area contributed by atoms with Crippen molar-refractivity contribution in [3.8, 4) is 5.69 Å². The van der Waals surface area contributed by atoms with E-state index in [4.69, 9.17) is 16.3 Å². The molecule has 7 nitrogen and oxygen atoms in total. The second-order valence-corrected chi connectivity index (χ2v) is 6.80. The van der Waals surface area contributed by atoms with Crippen LogP contribution in [0, 0.1) is 0 Å². The molecule has 0 bridgehead atoms. The zero-order valence-electron chi connectivity index (χ0n) is 14.0. The predicted molar refractivity (Wildman–Crippen MR) is 103 cm³/mol. The number of ether oxygens (including phenoxy) is 1. The molecule has 0 saturated carbocycles. The number of benzene rings is 2.